The maximum absolute atomic E-state index is 12.6. The SMILES string of the molecule is C[C@@H]1C(=O)N(Cc2ccccc2)CC(=O)N1Cc1nccn1C. The van der Waals surface area contributed by atoms with E-state index in [1.165, 1.54) is 0 Å². The maximum Gasteiger partial charge on any atom is 0.245 e. The van der Waals surface area contributed by atoms with Crippen molar-refractivity contribution in [3.63, 3.8) is 0 Å². The Morgan fingerprint density at radius 3 is 2.57 bits per heavy atom. The number of carbonyl (C=O) groups is 2. The minimum Gasteiger partial charge on any atom is -0.337 e. The topological polar surface area (TPSA) is 58.4 Å². The lowest BCUT2D eigenvalue weighted by molar-refractivity contribution is -0.156. The predicted molar refractivity (Wildman–Crippen MR) is 85.1 cm³/mol. The minimum absolute atomic E-state index is 0.0253. The molecule has 1 aliphatic heterocycles. The molecular weight excluding hydrogens is 292 g/mol. The molecule has 6 heteroatoms. The summed E-state index contributed by atoms with van der Waals surface area (Å²) < 4.78 is 1.86. The molecule has 0 radical (unpaired) electrons. The number of nitrogens with zero attached hydrogens (tertiary/aromatic N) is 4. The van der Waals surface area contributed by atoms with Gasteiger partial charge in [-0.25, -0.2) is 4.98 Å². The monoisotopic (exact) mass is 312 g/mol. The number of aryl methyl sites for hydroxylation is 1. The summed E-state index contributed by atoms with van der Waals surface area (Å²) in [7, 11) is 1.88. The van der Waals surface area contributed by atoms with E-state index in [1.807, 2.05) is 48.1 Å². The van der Waals surface area contributed by atoms with E-state index in [2.05, 4.69) is 4.98 Å². The quantitative estimate of drug-likeness (QED) is 0.852. The van der Waals surface area contributed by atoms with Crippen LogP contribution in [0.5, 0.6) is 0 Å². The fourth-order valence-electron chi connectivity index (χ4n) is 2.81. The smallest absolute Gasteiger partial charge is 0.245 e. The van der Waals surface area contributed by atoms with Gasteiger partial charge in [0, 0.05) is 26.0 Å². The molecule has 2 heterocycles. The highest BCUT2D eigenvalue weighted by atomic mass is 16.2. The Balaban J connectivity index is 1.73. The van der Waals surface area contributed by atoms with Crippen molar-refractivity contribution in [3.05, 3.63) is 54.1 Å². The first-order chi connectivity index (χ1) is 11.1. The number of imidazole rings is 1. The molecule has 0 unspecified atom stereocenters. The van der Waals surface area contributed by atoms with Crippen molar-refractivity contribution in [2.75, 3.05) is 6.54 Å². The summed E-state index contributed by atoms with van der Waals surface area (Å²) in [6.45, 7) is 2.71. The van der Waals surface area contributed by atoms with Crippen LogP contribution in [0.25, 0.3) is 0 Å². The van der Waals surface area contributed by atoms with Gasteiger partial charge in [-0.3, -0.25) is 9.59 Å². The summed E-state index contributed by atoms with van der Waals surface area (Å²) in [5, 5.41) is 0. The second-order valence-electron chi connectivity index (χ2n) is 5.83. The second-order valence-corrected chi connectivity index (χ2v) is 5.83. The average molecular weight is 312 g/mol. The van der Waals surface area contributed by atoms with Crippen LogP contribution < -0.4 is 0 Å². The number of piperazine rings is 1. The van der Waals surface area contributed by atoms with Crippen molar-refractivity contribution in [2.45, 2.75) is 26.1 Å². The lowest BCUT2D eigenvalue weighted by Crippen LogP contribution is -2.58. The first-order valence-electron chi connectivity index (χ1n) is 7.64. The molecule has 0 aliphatic carbocycles. The van der Waals surface area contributed by atoms with Crippen molar-refractivity contribution >= 4 is 11.8 Å². The van der Waals surface area contributed by atoms with Crippen LogP contribution in [0.15, 0.2) is 42.7 Å². The summed E-state index contributed by atoms with van der Waals surface area (Å²) in [6.07, 6.45) is 3.52. The largest absolute Gasteiger partial charge is 0.337 e. The van der Waals surface area contributed by atoms with E-state index in [0.717, 1.165) is 11.4 Å². The molecule has 23 heavy (non-hydrogen) atoms. The summed E-state index contributed by atoms with van der Waals surface area (Å²) >= 11 is 0. The highest BCUT2D eigenvalue weighted by Gasteiger charge is 2.36. The molecule has 1 aromatic carbocycles. The van der Waals surface area contributed by atoms with Gasteiger partial charge < -0.3 is 14.4 Å². The third kappa shape index (κ3) is 3.11. The zero-order valence-electron chi connectivity index (χ0n) is 13.3. The fourth-order valence-corrected chi connectivity index (χ4v) is 2.81. The Labute approximate surface area is 135 Å². The van der Waals surface area contributed by atoms with Crippen LogP contribution in [0.4, 0.5) is 0 Å². The van der Waals surface area contributed by atoms with Gasteiger partial charge in [0.25, 0.3) is 0 Å². The average Bonchev–Trinajstić information content (AvgIpc) is 2.95. The van der Waals surface area contributed by atoms with E-state index in [0.29, 0.717) is 13.1 Å². The van der Waals surface area contributed by atoms with Gasteiger partial charge in [0.2, 0.25) is 11.8 Å². The second kappa shape index (κ2) is 6.24. The molecule has 6 nitrogen and oxygen atoms in total. The van der Waals surface area contributed by atoms with Crippen LogP contribution in [0, 0.1) is 0 Å². The van der Waals surface area contributed by atoms with Gasteiger partial charge in [0.15, 0.2) is 0 Å². The molecule has 2 aromatic rings. The Bertz CT molecular complexity index is 710. The van der Waals surface area contributed by atoms with E-state index in [1.54, 1.807) is 22.9 Å². The Morgan fingerprint density at radius 2 is 1.91 bits per heavy atom. The molecule has 1 aromatic heterocycles. The fraction of sp³-hybridized carbons (Fsp3) is 0.353. The summed E-state index contributed by atoms with van der Waals surface area (Å²) in [5.74, 6) is 0.702. The van der Waals surface area contributed by atoms with Gasteiger partial charge in [-0.05, 0) is 12.5 Å². The number of carbonyl (C=O) groups excluding carboxylic acids is 2. The zero-order chi connectivity index (χ0) is 16.4. The van der Waals surface area contributed by atoms with Gasteiger partial charge in [0.05, 0.1) is 6.54 Å². The summed E-state index contributed by atoms with van der Waals surface area (Å²) in [4.78, 5) is 32.5. The third-order valence-corrected chi connectivity index (χ3v) is 4.23. The number of hydrogen-bond acceptors (Lipinski definition) is 3. The highest BCUT2D eigenvalue weighted by molar-refractivity contribution is 5.94. The molecule has 3 rings (SSSR count). The van der Waals surface area contributed by atoms with Gasteiger partial charge in [-0.2, -0.15) is 0 Å². The van der Waals surface area contributed by atoms with Crippen molar-refractivity contribution in [1.29, 1.82) is 0 Å². The van der Waals surface area contributed by atoms with E-state index >= 15 is 0 Å². The number of hydrogen-bond donors (Lipinski definition) is 0. The van der Waals surface area contributed by atoms with E-state index in [9.17, 15) is 9.59 Å². The van der Waals surface area contributed by atoms with Crippen molar-refractivity contribution in [1.82, 2.24) is 19.4 Å². The van der Waals surface area contributed by atoms with Gasteiger partial charge >= 0.3 is 0 Å². The molecule has 1 aliphatic rings. The molecule has 120 valence electrons. The van der Waals surface area contributed by atoms with Crippen LogP contribution in [-0.4, -0.2) is 43.8 Å². The van der Waals surface area contributed by atoms with Gasteiger partial charge in [-0.15, -0.1) is 0 Å². The lowest BCUT2D eigenvalue weighted by atomic mass is 10.1. The number of rotatable bonds is 4. The van der Waals surface area contributed by atoms with Crippen molar-refractivity contribution in [2.24, 2.45) is 7.05 Å². The van der Waals surface area contributed by atoms with Crippen LogP contribution in [0.2, 0.25) is 0 Å². The third-order valence-electron chi connectivity index (χ3n) is 4.23. The lowest BCUT2D eigenvalue weighted by Gasteiger charge is -2.38. The molecule has 1 fully saturated rings. The first-order valence-corrected chi connectivity index (χ1v) is 7.64. The number of aromatic nitrogens is 2. The van der Waals surface area contributed by atoms with E-state index in [-0.39, 0.29) is 18.4 Å². The van der Waals surface area contributed by atoms with Crippen LogP contribution in [0.3, 0.4) is 0 Å². The molecular formula is C17H20N4O2. The minimum atomic E-state index is -0.475. The molecule has 0 N–H and O–H groups in total. The normalized spacial score (nSPS) is 18.6. The molecule has 0 spiro atoms. The highest BCUT2D eigenvalue weighted by Crippen LogP contribution is 2.17. The molecule has 1 saturated heterocycles. The van der Waals surface area contributed by atoms with Crippen LogP contribution in [0.1, 0.15) is 18.3 Å². The van der Waals surface area contributed by atoms with Crippen molar-refractivity contribution < 1.29 is 9.59 Å². The number of benzene rings is 1. The van der Waals surface area contributed by atoms with E-state index in [4.69, 9.17) is 0 Å². The molecule has 1 atom stereocenters. The number of amides is 2. The van der Waals surface area contributed by atoms with E-state index < -0.39 is 6.04 Å². The Hall–Kier alpha value is -2.63. The van der Waals surface area contributed by atoms with Gasteiger partial charge in [0.1, 0.15) is 18.4 Å². The van der Waals surface area contributed by atoms with Crippen LogP contribution in [-0.2, 0) is 29.7 Å². The zero-order valence-corrected chi connectivity index (χ0v) is 13.3. The predicted octanol–water partition coefficient (Wildman–Crippen LogP) is 1.18. The maximum atomic E-state index is 12.6. The summed E-state index contributed by atoms with van der Waals surface area (Å²) in [5.41, 5.74) is 1.03. The Morgan fingerprint density at radius 1 is 1.17 bits per heavy atom. The first kappa shape index (κ1) is 15.3. The molecule has 2 amide bonds. The summed E-state index contributed by atoms with van der Waals surface area (Å²) in [6, 6.07) is 9.25. The van der Waals surface area contributed by atoms with Crippen LogP contribution >= 0.6 is 0 Å². The standard InChI is InChI=1S/C17H20N4O2/c1-13-17(23)20(10-14-6-4-3-5-7-14)12-16(22)21(13)11-15-18-8-9-19(15)2/h3-9,13H,10-12H2,1-2H3/t13-/m1/s1. The van der Waals surface area contributed by atoms with Crippen molar-refractivity contribution in [3.8, 4) is 0 Å². The van der Waals surface area contributed by atoms with Gasteiger partial charge in [-0.1, -0.05) is 30.3 Å². The Kier molecular flexibility index (Phi) is 4.14. The molecule has 0 bridgehead atoms. The molecule has 0 saturated carbocycles.